The number of ether oxygens (including phenoxy) is 1. The minimum absolute atomic E-state index is 0.211. The fourth-order valence-electron chi connectivity index (χ4n) is 3.73. The largest absolute Gasteiger partial charge is 0.455 e. The Labute approximate surface area is 195 Å². The van der Waals surface area contributed by atoms with Crippen LogP contribution in [0, 0.1) is 32.1 Å². The third-order valence-corrected chi connectivity index (χ3v) is 5.50. The zero-order chi connectivity index (χ0) is 24.1. The molecule has 1 aromatic heterocycles. The number of anilines is 1. The van der Waals surface area contributed by atoms with Gasteiger partial charge < -0.3 is 14.6 Å². The van der Waals surface area contributed by atoms with E-state index in [0.717, 1.165) is 33.8 Å². The van der Waals surface area contributed by atoms with Gasteiger partial charge in [0.05, 0.1) is 17.3 Å². The molecule has 0 spiro atoms. The Balaban J connectivity index is 1.95. The number of para-hydroxylation sites is 1. The lowest BCUT2D eigenvalue weighted by Crippen LogP contribution is -2.24. The molecule has 0 saturated heterocycles. The lowest BCUT2D eigenvalue weighted by Gasteiger charge is -2.21. The third kappa shape index (κ3) is 5.69. The number of aromatic nitrogens is 1. The first-order valence-electron chi connectivity index (χ1n) is 10.9. The fourth-order valence-corrected chi connectivity index (χ4v) is 3.73. The fraction of sp³-hybridized carbons (Fsp3) is 0.296. The number of rotatable bonds is 7. The number of nitriles is 1. The van der Waals surface area contributed by atoms with Crippen LogP contribution in [0.4, 0.5) is 11.4 Å². The Kier molecular flexibility index (Phi) is 7.34. The van der Waals surface area contributed by atoms with Gasteiger partial charge in [-0.3, -0.25) is 9.79 Å². The summed E-state index contributed by atoms with van der Waals surface area (Å²) in [5.41, 5.74) is 6.42. The number of aromatic amines is 1. The first-order chi connectivity index (χ1) is 15.7. The van der Waals surface area contributed by atoms with Crippen molar-refractivity contribution < 1.29 is 4.74 Å². The van der Waals surface area contributed by atoms with E-state index in [1.165, 1.54) is 0 Å². The van der Waals surface area contributed by atoms with Crippen molar-refractivity contribution in [2.45, 2.75) is 40.5 Å². The summed E-state index contributed by atoms with van der Waals surface area (Å²) in [5, 5.41) is 9.30. The molecule has 6 heteroatoms. The molecule has 0 aliphatic carbocycles. The maximum atomic E-state index is 13.0. The van der Waals surface area contributed by atoms with Gasteiger partial charge in [0.25, 0.3) is 5.56 Å². The van der Waals surface area contributed by atoms with E-state index < -0.39 is 0 Å². The Bertz CT molecular complexity index is 1300. The van der Waals surface area contributed by atoms with Gasteiger partial charge >= 0.3 is 0 Å². The predicted octanol–water partition coefficient (Wildman–Crippen LogP) is 5.76. The van der Waals surface area contributed by atoms with Crippen molar-refractivity contribution in [3.63, 3.8) is 0 Å². The number of nitrogens with zero attached hydrogens (tertiary/aromatic N) is 3. The minimum Gasteiger partial charge on any atom is -0.455 e. The van der Waals surface area contributed by atoms with Crippen LogP contribution in [-0.2, 0) is 6.42 Å². The van der Waals surface area contributed by atoms with E-state index in [4.69, 9.17) is 9.73 Å². The zero-order valence-electron chi connectivity index (χ0n) is 20.1. The maximum Gasteiger partial charge on any atom is 0.275 e. The molecule has 0 fully saturated rings. The summed E-state index contributed by atoms with van der Waals surface area (Å²) < 4.78 is 6.22. The molecule has 0 saturated carbocycles. The van der Waals surface area contributed by atoms with E-state index in [1.807, 2.05) is 72.1 Å². The number of pyridine rings is 1. The number of hydrogen-bond donors (Lipinski definition) is 1. The molecule has 33 heavy (non-hydrogen) atoms. The first-order valence-corrected chi connectivity index (χ1v) is 10.9. The van der Waals surface area contributed by atoms with E-state index >= 15 is 0 Å². The van der Waals surface area contributed by atoms with Crippen LogP contribution in [0.5, 0.6) is 11.5 Å². The van der Waals surface area contributed by atoms with Crippen LogP contribution in [0.1, 0.15) is 41.3 Å². The van der Waals surface area contributed by atoms with Crippen LogP contribution in [0.25, 0.3) is 0 Å². The Morgan fingerprint density at radius 3 is 2.55 bits per heavy atom. The SMILES string of the molecule is CC(CCc1[nH]c(=O)c(N(C)C)c(Oc2cc(C)cc(C#N)c2)c1C)=Nc1ccccc1C. The molecular weight excluding hydrogens is 412 g/mol. The van der Waals surface area contributed by atoms with Gasteiger partial charge in [-0.05, 0) is 75.9 Å². The zero-order valence-corrected chi connectivity index (χ0v) is 20.1. The lowest BCUT2D eigenvalue weighted by molar-refractivity contribution is 0.475. The van der Waals surface area contributed by atoms with E-state index in [-0.39, 0.29) is 5.56 Å². The lowest BCUT2D eigenvalue weighted by atomic mass is 10.1. The van der Waals surface area contributed by atoms with Gasteiger partial charge in [-0.2, -0.15) is 5.26 Å². The van der Waals surface area contributed by atoms with Gasteiger partial charge in [0.2, 0.25) is 0 Å². The van der Waals surface area contributed by atoms with Crippen molar-refractivity contribution in [3.05, 3.63) is 80.8 Å². The Morgan fingerprint density at radius 2 is 1.88 bits per heavy atom. The molecule has 0 radical (unpaired) electrons. The van der Waals surface area contributed by atoms with Crippen molar-refractivity contribution in [2.75, 3.05) is 19.0 Å². The second-order valence-electron chi connectivity index (χ2n) is 8.51. The van der Waals surface area contributed by atoms with Gasteiger partial charge in [0, 0.05) is 31.1 Å². The smallest absolute Gasteiger partial charge is 0.275 e. The van der Waals surface area contributed by atoms with Gasteiger partial charge in [-0.15, -0.1) is 0 Å². The van der Waals surface area contributed by atoms with Gasteiger partial charge in [0.1, 0.15) is 11.4 Å². The molecule has 6 nitrogen and oxygen atoms in total. The van der Waals surface area contributed by atoms with Crippen LogP contribution < -0.4 is 15.2 Å². The quantitative estimate of drug-likeness (QED) is 0.472. The van der Waals surface area contributed by atoms with Crippen molar-refractivity contribution in [1.29, 1.82) is 5.26 Å². The third-order valence-electron chi connectivity index (χ3n) is 5.50. The van der Waals surface area contributed by atoms with Gasteiger partial charge in [-0.25, -0.2) is 0 Å². The van der Waals surface area contributed by atoms with Crippen LogP contribution >= 0.6 is 0 Å². The molecule has 3 rings (SSSR count). The standard InChI is InChI=1S/C27H30N4O2/c1-17-13-21(16-28)15-22(14-17)33-26-20(4)24(30-27(32)25(26)31(5)6)12-11-19(3)29-23-10-8-7-9-18(23)2/h7-10,13-15H,11-12H2,1-6H3,(H,30,32). The average Bonchev–Trinajstić information content (AvgIpc) is 2.76. The monoisotopic (exact) mass is 442 g/mol. The highest BCUT2D eigenvalue weighted by Crippen LogP contribution is 2.34. The predicted molar refractivity (Wildman–Crippen MR) is 134 cm³/mol. The molecule has 170 valence electrons. The summed E-state index contributed by atoms with van der Waals surface area (Å²) >= 11 is 0. The van der Waals surface area contributed by atoms with Crippen molar-refractivity contribution in [1.82, 2.24) is 4.98 Å². The first kappa shape index (κ1) is 23.8. The van der Waals surface area contributed by atoms with E-state index in [0.29, 0.717) is 35.6 Å². The van der Waals surface area contributed by atoms with Crippen LogP contribution in [-0.4, -0.2) is 24.8 Å². The van der Waals surface area contributed by atoms with Crippen molar-refractivity contribution >= 4 is 17.1 Å². The summed E-state index contributed by atoms with van der Waals surface area (Å²) in [5.74, 6) is 1.04. The molecule has 3 aromatic rings. The molecule has 0 atom stereocenters. The van der Waals surface area contributed by atoms with E-state index in [2.05, 4.69) is 11.1 Å². The second kappa shape index (κ2) is 10.2. The average molecular weight is 443 g/mol. The molecule has 0 aliphatic heterocycles. The summed E-state index contributed by atoms with van der Waals surface area (Å²) in [6.07, 6.45) is 1.33. The normalized spacial score (nSPS) is 11.2. The van der Waals surface area contributed by atoms with E-state index in [1.54, 1.807) is 17.0 Å². The number of aryl methyl sites for hydroxylation is 3. The summed E-state index contributed by atoms with van der Waals surface area (Å²) in [4.78, 5) is 22.5. The van der Waals surface area contributed by atoms with Crippen molar-refractivity contribution in [3.8, 4) is 17.6 Å². The molecular formula is C27H30N4O2. The number of benzene rings is 2. The molecule has 1 N–H and O–H groups in total. The molecule has 1 heterocycles. The Morgan fingerprint density at radius 1 is 1.15 bits per heavy atom. The maximum absolute atomic E-state index is 13.0. The van der Waals surface area contributed by atoms with Crippen molar-refractivity contribution in [2.24, 2.45) is 4.99 Å². The second-order valence-corrected chi connectivity index (χ2v) is 8.51. The summed E-state index contributed by atoms with van der Waals surface area (Å²) in [7, 11) is 3.62. The van der Waals surface area contributed by atoms with Crippen LogP contribution in [0.3, 0.4) is 0 Å². The molecule has 0 unspecified atom stereocenters. The summed E-state index contributed by atoms with van der Waals surface area (Å²) in [6, 6.07) is 15.5. The number of hydrogen-bond acceptors (Lipinski definition) is 5. The van der Waals surface area contributed by atoms with E-state index in [9.17, 15) is 10.1 Å². The molecule has 0 amide bonds. The van der Waals surface area contributed by atoms with Gasteiger partial charge in [0.15, 0.2) is 5.75 Å². The van der Waals surface area contributed by atoms with Crippen LogP contribution in [0.15, 0.2) is 52.3 Å². The van der Waals surface area contributed by atoms with Crippen LogP contribution in [0.2, 0.25) is 0 Å². The number of nitrogens with one attached hydrogen (secondary N) is 1. The topological polar surface area (TPSA) is 81.5 Å². The highest BCUT2D eigenvalue weighted by atomic mass is 16.5. The molecule has 0 bridgehead atoms. The number of aliphatic imine (C=N–C) groups is 1. The molecule has 2 aromatic carbocycles. The summed E-state index contributed by atoms with van der Waals surface area (Å²) in [6.45, 7) is 7.90. The Hall–Kier alpha value is -3.85. The number of H-pyrrole nitrogens is 1. The highest BCUT2D eigenvalue weighted by molar-refractivity contribution is 5.85. The van der Waals surface area contributed by atoms with Gasteiger partial charge in [-0.1, -0.05) is 18.2 Å². The minimum atomic E-state index is -0.211. The molecule has 0 aliphatic rings. The highest BCUT2D eigenvalue weighted by Gasteiger charge is 2.19.